The molecule has 2 amide bonds. The lowest BCUT2D eigenvalue weighted by Gasteiger charge is -2.15. The lowest BCUT2D eigenvalue weighted by Crippen LogP contribution is -2.32. The minimum atomic E-state index is -0.576. The number of amides is 2. The van der Waals surface area contributed by atoms with Crippen molar-refractivity contribution in [3.8, 4) is 0 Å². The van der Waals surface area contributed by atoms with Crippen molar-refractivity contribution >= 4 is 58.2 Å². The Kier molecular flexibility index (Phi) is 6.55. The number of anilines is 2. The summed E-state index contributed by atoms with van der Waals surface area (Å²) in [4.78, 5) is 28.8. The third kappa shape index (κ3) is 4.53. The van der Waals surface area contributed by atoms with Crippen LogP contribution in [0.5, 0.6) is 0 Å². The molecule has 0 fully saturated rings. The minimum Gasteiger partial charge on any atom is -0.350 e. The van der Waals surface area contributed by atoms with Gasteiger partial charge in [-0.05, 0) is 66.6 Å². The van der Waals surface area contributed by atoms with Crippen LogP contribution in [0.4, 0.5) is 15.8 Å². The summed E-state index contributed by atoms with van der Waals surface area (Å²) in [6, 6.07) is 18.2. The number of hydrogen-bond acceptors (Lipinski definition) is 4. The zero-order chi connectivity index (χ0) is 22.8. The van der Waals surface area contributed by atoms with Crippen LogP contribution < -0.4 is 10.2 Å². The van der Waals surface area contributed by atoms with E-state index in [2.05, 4.69) is 5.32 Å². The summed E-state index contributed by atoms with van der Waals surface area (Å²) in [5, 5.41) is 3.44. The molecule has 3 aromatic carbocycles. The van der Waals surface area contributed by atoms with Gasteiger partial charge in [0.15, 0.2) is 0 Å². The molecule has 162 valence electrons. The molecular formula is C24H17Cl2FN2O2S. The van der Waals surface area contributed by atoms with Gasteiger partial charge in [-0.25, -0.2) is 9.29 Å². The maximum atomic E-state index is 13.6. The molecule has 0 bridgehead atoms. The van der Waals surface area contributed by atoms with Gasteiger partial charge in [0.2, 0.25) is 0 Å². The molecule has 0 aromatic heterocycles. The van der Waals surface area contributed by atoms with Crippen molar-refractivity contribution in [2.45, 2.75) is 18.2 Å². The molecule has 8 heteroatoms. The fourth-order valence-electron chi connectivity index (χ4n) is 3.17. The lowest BCUT2D eigenvalue weighted by molar-refractivity contribution is -0.120. The molecule has 1 aliphatic rings. The SMILES string of the molecule is CCc1ccc(N2C(=O)C(Nc3ccc(F)c(Cl)c3)=C(Sc3ccc(Cl)cc3)C2=O)cc1. The van der Waals surface area contributed by atoms with Crippen LogP contribution in [-0.4, -0.2) is 11.8 Å². The van der Waals surface area contributed by atoms with Crippen LogP contribution in [0.25, 0.3) is 0 Å². The smallest absolute Gasteiger partial charge is 0.283 e. The van der Waals surface area contributed by atoms with E-state index >= 15 is 0 Å². The first-order chi connectivity index (χ1) is 15.4. The number of nitrogens with zero attached hydrogens (tertiary/aromatic N) is 1. The molecule has 0 saturated carbocycles. The Morgan fingerprint density at radius 1 is 0.938 bits per heavy atom. The molecule has 0 aliphatic carbocycles. The fraction of sp³-hybridized carbons (Fsp3) is 0.0833. The van der Waals surface area contributed by atoms with Gasteiger partial charge in [-0.3, -0.25) is 9.59 Å². The summed E-state index contributed by atoms with van der Waals surface area (Å²) >= 11 is 13.0. The van der Waals surface area contributed by atoms with Crippen molar-refractivity contribution in [1.82, 2.24) is 0 Å². The fourth-order valence-corrected chi connectivity index (χ4v) is 4.40. The van der Waals surface area contributed by atoms with Crippen LogP contribution in [0.1, 0.15) is 12.5 Å². The topological polar surface area (TPSA) is 49.4 Å². The number of thioether (sulfide) groups is 1. The van der Waals surface area contributed by atoms with Crippen molar-refractivity contribution in [2.24, 2.45) is 0 Å². The molecular weight excluding hydrogens is 470 g/mol. The van der Waals surface area contributed by atoms with E-state index in [1.807, 2.05) is 19.1 Å². The zero-order valence-electron chi connectivity index (χ0n) is 16.9. The molecule has 0 radical (unpaired) electrons. The van der Waals surface area contributed by atoms with E-state index in [0.717, 1.165) is 33.5 Å². The Balaban J connectivity index is 1.73. The molecule has 4 nitrogen and oxygen atoms in total. The van der Waals surface area contributed by atoms with Crippen LogP contribution >= 0.6 is 35.0 Å². The van der Waals surface area contributed by atoms with E-state index in [1.165, 1.54) is 18.2 Å². The summed E-state index contributed by atoms with van der Waals surface area (Å²) in [7, 11) is 0. The maximum absolute atomic E-state index is 13.6. The first kappa shape index (κ1) is 22.4. The molecule has 0 atom stereocenters. The Bertz CT molecular complexity index is 1230. The maximum Gasteiger partial charge on any atom is 0.283 e. The molecule has 0 unspecified atom stereocenters. The number of benzene rings is 3. The summed E-state index contributed by atoms with van der Waals surface area (Å²) in [5.41, 5.74) is 2.05. The van der Waals surface area contributed by atoms with Gasteiger partial charge in [0.1, 0.15) is 16.4 Å². The minimum absolute atomic E-state index is 0.0914. The van der Waals surface area contributed by atoms with Gasteiger partial charge in [-0.2, -0.15) is 0 Å². The third-order valence-corrected chi connectivity index (χ3v) is 6.50. The van der Waals surface area contributed by atoms with Gasteiger partial charge in [0, 0.05) is 15.6 Å². The molecule has 4 rings (SSSR count). The number of rotatable bonds is 6. The van der Waals surface area contributed by atoms with E-state index < -0.39 is 17.6 Å². The number of nitrogens with one attached hydrogen (secondary N) is 1. The van der Waals surface area contributed by atoms with E-state index in [9.17, 15) is 14.0 Å². The van der Waals surface area contributed by atoms with Crippen LogP contribution in [0, 0.1) is 5.82 Å². The molecule has 0 spiro atoms. The third-order valence-electron chi connectivity index (χ3n) is 4.87. The van der Waals surface area contributed by atoms with Gasteiger partial charge >= 0.3 is 0 Å². The highest BCUT2D eigenvalue weighted by Crippen LogP contribution is 2.38. The predicted octanol–water partition coefficient (Wildman–Crippen LogP) is 6.68. The molecule has 1 aliphatic heterocycles. The Hall–Kier alpha value is -2.80. The second-order valence-electron chi connectivity index (χ2n) is 6.98. The first-order valence-corrected chi connectivity index (χ1v) is 11.3. The second kappa shape index (κ2) is 9.36. The zero-order valence-corrected chi connectivity index (χ0v) is 19.2. The molecule has 1 N–H and O–H groups in total. The average molecular weight is 487 g/mol. The largest absolute Gasteiger partial charge is 0.350 e. The molecule has 32 heavy (non-hydrogen) atoms. The summed E-state index contributed by atoms with van der Waals surface area (Å²) < 4.78 is 13.6. The van der Waals surface area contributed by atoms with Crippen LogP contribution in [0.15, 0.2) is 82.2 Å². The Morgan fingerprint density at radius 3 is 2.25 bits per heavy atom. The summed E-state index contributed by atoms with van der Waals surface area (Å²) in [6.07, 6.45) is 0.843. The number of imide groups is 1. The average Bonchev–Trinajstić information content (AvgIpc) is 3.01. The van der Waals surface area contributed by atoms with Gasteiger partial charge in [0.05, 0.1) is 10.7 Å². The van der Waals surface area contributed by atoms with Crippen LogP contribution in [0.3, 0.4) is 0 Å². The van der Waals surface area contributed by atoms with Gasteiger partial charge < -0.3 is 5.32 Å². The second-order valence-corrected chi connectivity index (χ2v) is 8.91. The molecule has 3 aromatic rings. The number of carbonyl (C=O) groups excluding carboxylic acids is 2. The van der Waals surface area contributed by atoms with E-state index in [1.54, 1.807) is 36.4 Å². The Morgan fingerprint density at radius 2 is 1.62 bits per heavy atom. The standard InChI is InChI=1S/C24H17Cl2FN2O2S/c1-2-14-3-8-17(9-4-14)29-23(30)21(28-16-7-12-20(27)19(26)13-16)22(24(29)31)32-18-10-5-15(25)6-11-18/h3-13,28H,2H2,1H3. The van der Waals surface area contributed by atoms with Crippen LogP contribution in [-0.2, 0) is 16.0 Å². The van der Waals surface area contributed by atoms with Gasteiger partial charge in [-0.15, -0.1) is 0 Å². The first-order valence-electron chi connectivity index (χ1n) is 9.75. The lowest BCUT2D eigenvalue weighted by atomic mass is 10.1. The highest BCUT2D eigenvalue weighted by Gasteiger charge is 2.40. The Labute approximate surface area is 199 Å². The van der Waals surface area contributed by atoms with E-state index in [-0.39, 0.29) is 15.6 Å². The van der Waals surface area contributed by atoms with Crippen molar-refractivity contribution in [1.29, 1.82) is 0 Å². The van der Waals surface area contributed by atoms with Gasteiger partial charge in [-0.1, -0.05) is 54.0 Å². The highest BCUT2D eigenvalue weighted by atomic mass is 35.5. The van der Waals surface area contributed by atoms with Crippen LogP contribution in [0.2, 0.25) is 10.0 Å². The van der Waals surface area contributed by atoms with Crippen molar-refractivity contribution < 1.29 is 14.0 Å². The van der Waals surface area contributed by atoms with E-state index in [4.69, 9.17) is 23.2 Å². The number of hydrogen-bond donors (Lipinski definition) is 1. The number of halogens is 3. The normalized spacial score (nSPS) is 13.8. The highest BCUT2D eigenvalue weighted by molar-refractivity contribution is 8.04. The van der Waals surface area contributed by atoms with Crippen molar-refractivity contribution in [2.75, 3.05) is 10.2 Å². The monoisotopic (exact) mass is 486 g/mol. The van der Waals surface area contributed by atoms with Gasteiger partial charge in [0.25, 0.3) is 11.8 Å². The quantitative estimate of drug-likeness (QED) is 0.394. The molecule has 1 heterocycles. The number of aryl methyl sites for hydroxylation is 1. The van der Waals surface area contributed by atoms with Crippen molar-refractivity contribution in [3.05, 3.63) is 98.8 Å². The predicted molar refractivity (Wildman–Crippen MR) is 128 cm³/mol. The summed E-state index contributed by atoms with van der Waals surface area (Å²) in [5.74, 6) is -1.53. The molecule has 0 saturated heterocycles. The van der Waals surface area contributed by atoms with Crippen molar-refractivity contribution in [3.63, 3.8) is 0 Å². The van der Waals surface area contributed by atoms with E-state index in [0.29, 0.717) is 16.4 Å². The summed E-state index contributed by atoms with van der Waals surface area (Å²) in [6.45, 7) is 2.03. The number of carbonyl (C=O) groups is 2.